The van der Waals surface area contributed by atoms with Crippen LogP contribution in [0.5, 0.6) is 0 Å². The van der Waals surface area contributed by atoms with E-state index in [0.717, 1.165) is 30.7 Å². The van der Waals surface area contributed by atoms with Gasteiger partial charge < -0.3 is 0 Å². The Morgan fingerprint density at radius 1 is 1.36 bits per heavy atom. The van der Waals surface area contributed by atoms with Gasteiger partial charge in [0.1, 0.15) is 0 Å². The Kier molecular flexibility index (Phi) is 2.10. The number of amides is 2. The van der Waals surface area contributed by atoms with Crippen molar-refractivity contribution in [3.8, 4) is 0 Å². The summed E-state index contributed by atoms with van der Waals surface area (Å²) in [5, 5.41) is 0.815. The lowest BCUT2D eigenvalue weighted by Gasteiger charge is -2.33. The van der Waals surface area contributed by atoms with Gasteiger partial charge in [0, 0.05) is 6.42 Å². The number of rotatable bonds is 0. The summed E-state index contributed by atoms with van der Waals surface area (Å²) in [6, 6.07) is 0. The molecule has 1 aliphatic heterocycles. The van der Waals surface area contributed by atoms with Gasteiger partial charge in [0.25, 0.3) is 0 Å². The Balaban J connectivity index is 2.18. The van der Waals surface area contributed by atoms with Crippen LogP contribution in [0.2, 0.25) is 0 Å². The molecule has 1 saturated carbocycles. The summed E-state index contributed by atoms with van der Waals surface area (Å²) in [4.78, 5) is 23.1. The predicted octanol–water partition coefficient (Wildman–Crippen LogP) is 0.815. The molecule has 14 heavy (non-hydrogen) atoms. The first-order chi connectivity index (χ1) is 6.55. The highest BCUT2D eigenvalue weighted by Gasteiger charge is 2.51. The first-order valence-electron chi connectivity index (χ1n) is 5.17. The monoisotopic (exact) mass is 196 g/mol. The van der Waals surface area contributed by atoms with Crippen LogP contribution >= 0.6 is 0 Å². The molecular formula is C10H16N2O2. The molecule has 4 heteroatoms. The third-order valence-electron chi connectivity index (χ3n) is 3.66. The Morgan fingerprint density at radius 3 is 2.36 bits per heavy atom. The van der Waals surface area contributed by atoms with Gasteiger partial charge in [0.2, 0.25) is 11.8 Å². The smallest absolute Gasteiger partial charge is 0.250 e. The summed E-state index contributed by atoms with van der Waals surface area (Å²) < 4.78 is 0. The van der Waals surface area contributed by atoms with E-state index >= 15 is 0 Å². The maximum Gasteiger partial charge on any atom is 0.250 e. The van der Waals surface area contributed by atoms with Crippen LogP contribution in [0.3, 0.4) is 0 Å². The molecule has 2 amide bonds. The maximum absolute atomic E-state index is 11.8. The van der Waals surface area contributed by atoms with Crippen molar-refractivity contribution in [2.24, 2.45) is 17.2 Å². The van der Waals surface area contributed by atoms with Gasteiger partial charge >= 0.3 is 0 Å². The average molecular weight is 196 g/mol. The summed E-state index contributed by atoms with van der Waals surface area (Å²) in [6.07, 6.45) is 4.05. The van der Waals surface area contributed by atoms with Crippen molar-refractivity contribution in [1.82, 2.24) is 5.01 Å². The van der Waals surface area contributed by atoms with E-state index in [4.69, 9.17) is 5.84 Å². The van der Waals surface area contributed by atoms with Gasteiger partial charge in [0.05, 0.1) is 5.41 Å². The van der Waals surface area contributed by atoms with Crippen molar-refractivity contribution in [1.29, 1.82) is 0 Å². The Morgan fingerprint density at radius 2 is 1.93 bits per heavy atom. The fraction of sp³-hybridized carbons (Fsp3) is 0.800. The molecule has 1 heterocycles. The van der Waals surface area contributed by atoms with Crippen LogP contribution in [0.4, 0.5) is 0 Å². The molecule has 0 aromatic carbocycles. The van der Waals surface area contributed by atoms with Gasteiger partial charge in [-0.1, -0.05) is 6.92 Å². The topological polar surface area (TPSA) is 63.4 Å². The van der Waals surface area contributed by atoms with E-state index in [1.807, 2.05) is 0 Å². The predicted molar refractivity (Wildman–Crippen MR) is 50.7 cm³/mol. The zero-order valence-electron chi connectivity index (χ0n) is 8.45. The summed E-state index contributed by atoms with van der Waals surface area (Å²) >= 11 is 0. The molecule has 0 unspecified atom stereocenters. The normalized spacial score (nSPS) is 38.4. The van der Waals surface area contributed by atoms with Crippen molar-refractivity contribution in [3.05, 3.63) is 0 Å². The van der Waals surface area contributed by atoms with Crippen molar-refractivity contribution in [2.75, 3.05) is 0 Å². The maximum atomic E-state index is 11.8. The summed E-state index contributed by atoms with van der Waals surface area (Å²) in [6.45, 7) is 2.19. The van der Waals surface area contributed by atoms with E-state index in [2.05, 4.69) is 6.92 Å². The number of nitrogens with zero attached hydrogens (tertiary/aromatic N) is 1. The lowest BCUT2D eigenvalue weighted by atomic mass is 9.70. The molecule has 4 nitrogen and oxygen atoms in total. The highest BCUT2D eigenvalue weighted by atomic mass is 16.2. The van der Waals surface area contributed by atoms with Gasteiger partial charge in [-0.3, -0.25) is 9.59 Å². The molecule has 0 radical (unpaired) electrons. The number of hydrogen-bond donors (Lipinski definition) is 1. The minimum absolute atomic E-state index is 0.158. The van der Waals surface area contributed by atoms with Crippen LogP contribution in [0.15, 0.2) is 0 Å². The van der Waals surface area contributed by atoms with Crippen LogP contribution in [-0.2, 0) is 9.59 Å². The van der Waals surface area contributed by atoms with Crippen molar-refractivity contribution < 1.29 is 9.59 Å². The number of imide groups is 1. The molecule has 2 N–H and O–H groups in total. The number of hydrogen-bond acceptors (Lipinski definition) is 3. The largest absolute Gasteiger partial charge is 0.273 e. The highest BCUT2D eigenvalue weighted by molar-refractivity contribution is 6.05. The lowest BCUT2D eigenvalue weighted by Crippen LogP contribution is -2.41. The molecule has 0 atom stereocenters. The van der Waals surface area contributed by atoms with Crippen LogP contribution in [0.1, 0.15) is 39.0 Å². The third-order valence-corrected chi connectivity index (χ3v) is 3.66. The fourth-order valence-electron chi connectivity index (χ4n) is 2.52. The van der Waals surface area contributed by atoms with Crippen molar-refractivity contribution in [2.45, 2.75) is 39.0 Å². The molecule has 78 valence electrons. The van der Waals surface area contributed by atoms with Gasteiger partial charge in [-0.05, 0) is 31.6 Å². The molecule has 0 aromatic heterocycles. The Labute approximate surface area is 83.4 Å². The summed E-state index contributed by atoms with van der Waals surface area (Å²) in [5.41, 5.74) is -0.432. The molecule has 2 rings (SSSR count). The minimum atomic E-state index is -0.432. The zero-order chi connectivity index (χ0) is 10.3. The van der Waals surface area contributed by atoms with Gasteiger partial charge in [-0.25, -0.2) is 10.9 Å². The standard InChI is InChI=1S/C10H16N2O2/c1-7-2-4-10(5-3-7)6-8(13)12(11)9(10)14/h7H,2-6,11H2,1H3. The number of carbonyl (C=O) groups is 2. The summed E-state index contributed by atoms with van der Waals surface area (Å²) in [5.74, 6) is 5.70. The second-order valence-corrected chi connectivity index (χ2v) is 4.71. The van der Waals surface area contributed by atoms with Crippen molar-refractivity contribution >= 4 is 11.8 Å². The molecule has 2 fully saturated rings. The fourth-order valence-corrected chi connectivity index (χ4v) is 2.52. The Bertz CT molecular complexity index is 280. The second-order valence-electron chi connectivity index (χ2n) is 4.71. The van der Waals surface area contributed by atoms with Crippen LogP contribution in [-0.4, -0.2) is 16.8 Å². The van der Waals surface area contributed by atoms with Crippen LogP contribution in [0.25, 0.3) is 0 Å². The number of hydrazine groups is 1. The SMILES string of the molecule is CC1CCC2(CC1)CC(=O)N(N)C2=O. The first-order valence-corrected chi connectivity index (χ1v) is 5.17. The highest BCUT2D eigenvalue weighted by Crippen LogP contribution is 2.45. The number of carbonyl (C=O) groups excluding carboxylic acids is 2. The van der Waals surface area contributed by atoms with Gasteiger partial charge in [0.15, 0.2) is 0 Å². The van der Waals surface area contributed by atoms with E-state index in [1.165, 1.54) is 0 Å². The van der Waals surface area contributed by atoms with Crippen molar-refractivity contribution in [3.63, 3.8) is 0 Å². The lowest BCUT2D eigenvalue weighted by molar-refractivity contribution is -0.142. The molecule has 2 aliphatic rings. The minimum Gasteiger partial charge on any atom is -0.273 e. The van der Waals surface area contributed by atoms with Crippen LogP contribution in [0, 0.1) is 11.3 Å². The van der Waals surface area contributed by atoms with E-state index in [9.17, 15) is 9.59 Å². The molecule has 0 aromatic rings. The third kappa shape index (κ3) is 1.25. The van der Waals surface area contributed by atoms with Gasteiger partial charge in [-0.2, -0.15) is 0 Å². The molecule has 1 saturated heterocycles. The van der Waals surface area contributed by atoms with Gasteiger partial charge in [-0.15, -0.1) is 0 Å². The molecular weight excluding hydrogens is 180 g/mol. The van der Waals surface area contributed by atoms with E-state index in [0.29, 0.717) is 12.3 Å². The second kappa shape index (κ2) is 3.05. The molecule has 1 spiro atoms. The quantitative estimate of drug-likeness (QED) is 0.354. The number of nitrogens with two attached hydrogens (primary N) is 1. The van der Waals surface area contributed by atoms with E-state index in [1.54, 1.807) is 0 Å². The van der Waals surface area contributed by atoms with E-state index < -0.39 is 5.41 Å². The Hall–Kier alpha value is -0.900. The molecule has 1 aliphatic carbocycles. The van der Waals surface area contributed by atoms with Crippen LogP contribution < -0.4 is 5.84 Å². The summed E-state index contributed by atoms with van der Waals surface area (Å²) in [7, 11) is 0. The van der Waals surface area contributed by atoms with E-state index in [-0.39, 0.29) is 11.8 Å². The first kappa shape index (κ1) is 9.65. The molecule has 0 bridgehead atoms. The average Bonchev–Trinajstić information content (AvgIpc) is 2.37. The zero-order valence-corrected chi connectivity index (χ0v) is 8.45.